The fraction of sp³-hybridized carbons (Fsp3) is 0.438. The van der Waals surface area contributed by atoms with E-state index in [1.807, 2.05) is 0 Å². The van der Waals surface area contributed by atoms with Crippen molar-refractivity contribution >= 4 is 0 Å². The van der Waals surface area contributed by atoms with Crippen LogP contribution >= 0.6 is 0 Å². The van der Waals surface area contributed by atoms with Gasteiger partial charge in [0.15, 0.2) is 29.3 Å². The minimum absolute atomic E-state index is 0.0433. The highest BCUT2D eigenvalue weighted by molar-refractivity contribution is 5.63. The summed E-state index contributed by atoms with van der Waals surface area (Å²) in [6.45, 7) is -1.63. The number of aromatic hydroxyl groups is 5. The highest BCUT2D eigenvalue weighted by Crippen LogP contribution is 2.52. The first kappa shape index (κ1) is 35.1. The fourth-order valence-electron chi connectivity index (χ4n) is 6.09. The predicted molar refractivity (Wildman–Crippen MR) is 161 cm³/mol. The van der Waals surface area contributed by atoms with Crippen LogP contribution in [0.4, 0.5) is 0 Å². The van der Waals surface area contributed by atoms with Crippen LogP contribution in [-0.2, 0) is 15.9 Å². The van der Waals surface area contributed by atoms with Crippen molar-refractivity contribution in [1.82, 2.24) is 0 Å². The zero-order valence-corrected chi connectivity index (χ0v) is 25.7. The molecule has 0 radical (unpaired) electrons. The normalized spacial score (nSPS) is 26.6. The Morgan fingerprint density at radius 3 is 2.04 bits per heavy atom. The first-order chi connectivity index (χ1) is 22.8. The molecule has 3 aromatic rings. The second-order valence-electron chi connectivity index (χ2n) is 11.5. The number of hydrogen-bond acceptors (Lipinski definition) is 16. The summed E-state index contributed by atoms with van der Waals surface area (Å²) >= 11 is 0. The van der Waals surface area contributed by atoms with Crippen LogP contribution in [0.2, 0.25) is 0 Å². The first-order valence-electron chi connectivity index (χ1n) is 14.8. The van der Waals surface area contributed by atoms with E-state index in [0.717, 1.165) is 6.07 Å². The number of hydrogen-bond donors (Lipinski definition) is 11. The largest absolute Gasteiger partial charge is 0.507 e. The van der Waals surface area contributed by atoms with E-state index < -0.39 is 91.1 Å². The number of fused-ring (bicyclic) bond motifs is 1. The van der Waals surface area contributed by atoms with Crippen molar-refractivity contribution < 1.29 is 79.9 Å². The molecule has 0 amide bonds. The average molecular weight is 679 g/mol. The van der Waals surface area contributed by atoms with E-state index >= 15 is 0 Å². The first-order valence-corrected chi connectivity index (χ1v) is 14.8. The van der Waals surface area contributed by atoms with Crippen LogP contribution in [-0.4, -0.2) is 127 Å². The molecule has 11 N–H and O–H groups in total. The molecule has 0 unspecified atom stereocenters. The minimum Gasteiger partial charge on any atom is -0.507 e. The van der Waals surface area contributed by atoms with E-state index in [1.54, 1.807) is 0 Å². The molecule has 0 aliphatic carbocycles. The Kier molecular flexibility index (Phi) is 10.3. The Morgan fingerprint density at radius 1 is 0.792 bits per heavy atom. The molecule has 2 aliphatic rings. The van der Waals surface area contributed by atoms with Gasteiger partial charge >= 0.3 is 0 Å². The number of methoxy groups -OCH3 is 2. The van der Waals surface area contributed by atoms with Crippen LogP contribution in [0.25, 0.3) is 0 Å². The van der Waals surface area contributed by atoms with Gasteiger partial charge in [0.05, 0.1) is 39.6 Å². The van der Waals surface area contributed by atoms with Crippen molar-refractivity contribution in [3.63, 3.8) is 0 Å². The zero-order chi connectivity index (χ0) is 35.0. The Morgan fingerprint density at radius 2 is 1.46 bits per heavy atom. The van der Waals surface area contributed by atoms with E-state index in [2.05, 4.69) is 0 Å². The molecule has 2 heterocycles. The highest BCUT2D eigenvalue weighted by atomic mass is 16.7. The quantitative estimate of drug-likeness (QED) is 0.122. The summed E-state index contributed by atoms with van der Waals surface area (Å²) in [5, 5.41) is 116. The topological polar surface area (TPSA) is 269 Å². The van der Waals surface area contributed by atoms with Gasteiger partial charge in [-0.1, -0.05) is 6.07 Å². The third-order valence-electron chi connectivity index (χ3n) is 8.59. The van der Waals surface area contributed by atoms with Gasteiger partial charge in [-0.3, -0.25) is 0 Å². The molecule has 262 valence electrons. The number of phenols is 5. The SMILES string of the molecule is COc1cc([C@H](c2c(O)cc(O)c3c2O[C@H](c2ccc(O)c(O)c2)[C@H](O)C3)[C@@H](CO)O[C@H]2O[C@@H](CO)[C@H](O)[C@@H](O)[C@@H]2O)cc(OC)c1O. The summed E-state index contributed by atoms with van der Waals surface area (Å²) in [5.74, 6) is -4.06. The van der Waals surface area contributed by atoms with Gasteiger partial charge in [-0.2, -0.15) is 0 Å². The number of phenolic OH excluding ortho intramolecular Hbond substituents is 5. The average Bonchev–Trinajstić information content (AvgIpc) is 3.07. The zero-order valence-electron chi connectivity index (χ0n) is 25.7. The second-order valence-corrected chi connectivity index (χ2v) is 11.5. The summed E-state index contributed by atoms with van der Waals surface area (Å²) < 4.78 is 28.4. The lowest BCUT2D eigenvalue weighted by molar-refractivity contribution is -0.314. The smallest absolute Gasteiger partial charge is 0.200 e. The summed E-state index contributed by atoms with van der Waals surface area (Å²) in [7, 11) is 2.53. The number of aliphatic hydroxyl groups is 6. The number of aliphatic hydroxyl groups excluding tert-OH is 6. The summed E-state index contributed by atoms with van der Waals surface area (Å²) in [6, 6.07) is 7.41. The van der Waals surface area contributed by atoms with Gasteiger partial charge in [0.2, 0.25) is 5.75 Å². The van der Waals surface area contributed by atoms with Crippen molar-refractivity contribution in [2.24, 2.45) is 0 Å². The van der Waals surface area contributed by atoms with Gasteiger partial charge in [0, 0.05) is 29.5 Å². The van der Waals surface area contributed by atoms with Gasteiger partial charge in [0.25, 0.3) is 0 Å². The maximum absolute atomic E-state index is 11.4. The number of benzene rings is 3. The van der Waals surface area contributed by atoms with E-state index in [1.165, 1.54) is 44.6 Å². The molecule has 16 nitrogen and oxygen atoms in total. The lowest BCUT2D eigenvalue weighted by Crippen LogP contribution is -2.60. The molecule has 1 saturated heterocycles. The van der Waals surface area contributed by atoms with Crippen molar-refractivity contribution in [3.8, 4) is 46.0 Å². The van der Waals surface area contributed by atoms with Crippen LogP contribution in [0, 0.1) is 0 Å². The van der Waals surface area contributed by atoms with Crippen LogP contribution in [0.3, 0.4) is 0 Å². The van der Waals surface area contributed by atoms with Gasteiger partial charge < -0.3 is 79.9 Å². The lowest BCUT2D eigenvalue weighted by Gasteiger charge is -2.42. The molecule has 0 spiro atoms. The maximum atomic E-state index is 11.4. The van der Waals surface area contributed by atoms with E-state index in [9.17, 15) is 56.2 Å². The molecular weight excluding hydrogens is 640 g/mol. The van der Waals surface area contributed by atoms with Crippen molar-refractivity contribution in [1.29, 1.82) is 0 Å². The summed E-state index contributed by atoms with van der Waals surface area (Å²) in [4.78, 5) is 0. The molecule has 3 aromatic carbocycles. The molecule has 2 aliphatic heterocycles. The van der Waals surface area contributed by atoms with Gasteiger partial charge in [-0.25, -0.2) is 0 Å². The second kappa shape index (κ2) is 14.1. The van der Waals surface area contributed by atoms with E-state index in [0.29, 0.717) is 0 Å². The molecule has 48 heavy (non-hydrogen) atoms. The van der Waals surface area contributed by atoms with Crippen LogP contribution in [0.5, 0.6) is 46.0 Å². The van der Waals surface area contributed by atoms with E-state index in [-0.39, 0.29) is 51.7 Å². The van der Waals surface area contributed by atoms with Crippen LogP contribution < -0.4 is 14.2 Å². The number of ether oxygens (including phenoxy) is 5. The summed E-state index contributed by atoms with van der Waals surface area (Å²) in [5.41, 5.74) is 0.294. The van der Waals surface area contributed by atoms with E-state index in [4.69, 9.17) is 23.7 Å². The predicted octanol–water partition coefficient (Wildman–Crippen LogP) is -0.422. The fourth-order valence-corrected chi connectivity index (χ4v) is 6.09. The number of rotatable bonds is 10. The molecule has 0 saturated carbocycles. The van der Waals surface area contributed by atoms with Gasteiger partial charge in [-0.05, 0) is 35.4 Å². The summed E-state index contributed by atoms with van der Waals surface area (Å²) in [6.07, 6.45) is -12.8. The molecule has 0 bridgehead atoms. The molecular formula is C32H38O16. The highest BCUT2D eigenvalue weighted by Gasteiger charge is 2.47. The van der Waals surface area contributed by atoms with Gasteiger partial charge in [0.1, 0.15) is 47.8 Å². The van der Waals surface area contributed by atoms with Crippen molar-refractivity contribution in [2.45, 2.75) is 61.4 Å². The lowest BCUT2D eigenvalue weighted by atomic mass is 9.82. The third-order valence-corrected chi connectivity index (χ3v) is 8.59. The Balaban J connectivity index is 1.70. The maximum Gasteiger partial charge on any atom is 0.200 e. The monoisotopic (exact) mass is 678 g/mol. The Labute approximate surface area is 273 Å². The third kappa shape index (κ3) is 6.31. The van der Waals surface area contributed by atoms with Crippen LogP contribution in [0.15, 0.2) is 36.4 Å². The Bertz CT molecular complexity index is 1590. The van der Waals surface area contributed by atoms with Gasteiger partial charge in [-0.15, -0.1) is 0 Å². The van der Waals surface area contributed by atoms with Crippen molar-refractivity contribution in [3.05, 3.63) is 58.7 Å². The molecule has 5 rings (SSSR count). The standard InChI is InChI=1S/C32H38O16/c1-44-20-6-13(7-21(45-2)26(20)40)24(22(10-33)46-32-29(43)28(42)27(41)23(11-34)47-32)25-18(38)9-16(36)14-8-19(39)30(48-31(14)25)12-3-4-15(35)17(37)5-12/h3-7,9,19,22-24,27-30,32-43H,8,10-11H2,1-2H3/t19-,22-,23+,24+,27+,28-,29+,30-,32+/m1/s1. The van der Waals surface area contributed by atoms with Crippen LogP contribution in [0.1, 0.15) is 34.3 Å². The Hall–Kier alpha value is -4.26. The molecule has 9 atom stereocenters. The molecule has 1 fully saturated rings. The molecule has 0 aromatic heterocycles. The minimum atomic E-state index is -1.87. The van der Waals surface area contributed by atoms with Crippen molar-refractivity contribution in [2.75, 3.05) is 27.4 Å². The molecule has 16 heteroatoms.